The van der Waals surface area contributed by atoms with Crippen LogP contribution in [-0.2, 0) is 16.1 Å². The number of benzene rings is 1. The van der Waals surface area contributed by atoms with E-state index in [1.807, 2.05) is 0 Å². The molecule has 0 atom stereocenters. The summed E-state index contributed by atoms with van der Waals surface area (Å²) in [6, 6.07) is 5.65. The van der Waals surface area contributed by atoms with Crippen molar-refractivity contribution in [2.24, 2.45) is 0 Å². The van der Waals surface area contributed by atoms with E-state index in [4.69, 9.17) is 13.9 Å². The zero-order valence-corrected chi connectivity index (χ0v) is 14.5. The third kappa shape index (κ3) is 5.74. The van der Waals surface area contributed by atoms with E-state index in [0.717, 1.165) is 37.4 Å². The van der Waals surface area contributed by atoms with E-state index >= 15 is 0 Å². The molecule has 1 heterocycles. The maximum atomic E-state index is 12.8. The van der Waals surface area contributed by atoms with Gasteiger partial charge in [0, 0.05) is 0 Å². The van der Waals surface area contributed by atoms with Gasteiger partial charge >= 0.3 is 5.97 Å². The molecule has 1 aromatic heterocycles. The number of carbonyl (C=O) groups is 1. The second-order valence-corrected chi connectivity index (χ2v) is 6.67. The molecule has 1 aromatic carbocycles. The van der Waals surface area contributed by atoms with E-state index < -0.39 is 0 Å². The van der Waals surface area contributed by atoms with Crippen LogP contribution in [0.4, 0.5) is 4.39 Å². The van der Waals surface area contributed by atoms with Gasteiger partial charge in [-0.15, -0.1) is 10.2 Å². The number of hydrogen-bond acceptors (Lipinski definition) is 7. The lowest BCUT2D eigenvalue weighted by molar-refractivity contribution is -0.147. The smallest absolute Gasteiger partial charge is 0.316 e. The average Bonchev–Trinajstić information content (AvgIpc) is 3.08. The summed E-state index contributed by atoms with van der Waals surface area (Å²) in [6.45, 7) is 0.0751. The minimum Gasteiger partial charge on any atom is -0.484 e. The zero-order valence-electron chi connectivity index (χ0n) is 13.7. The van der Waals surface area contributed by atoms with Gasteiger partial charge in [-0.05, 0) is 49.9 Å². The molecule has 2 aromatic rings. The normalized spacial score (nSPS) is 15.1. The van der Waals surface area contributed by atoms with Gasteiger partial charge in [0.15, 0.2) is 6.61 Å². The van der Waals surface area contributed by atoms with Crippen LogP contribution in [0.5, 0.6) is 5.75 Å². The molecule has 134 valence electrons. The van der Waals surface area contributed by atoms with E-state index in [0.29, 0.717) is 11.0 Å². The Morgan fingerprint density at radius 3 is 2.72 bits per heavy atom. The van der Waals surface area contributed by atoms with Gasteiger partial charge in [0.2, 0.25) is 0 Å². The molecule has 1 saturated carbocycles. The van der Waals surface area contributed by atoms with Gasteiger partial charge in [-0.1, -0.05) is 18.2 Å². The standard InChI is InChI=1S/C17H19FN2O4S/c18-12-6-8-13(9-7-12)22-10-15-19-20-17(24-15)25-11-16(21)23-14-4-2-1-3-5-14/h6-9,14H,1-5,10-11H2. The fourth-order valence-electron chi connectivity index (χ4n) is 2.55. The maximum Gasteiger partial charge on any atom is 0.316 e. The Hall–Kier alpha value is -2.09. The molecule has 1 aliphatic rings. The third-order valence-electron chi connectivity index (χ3n) is 3.79. The first-order valence-electron chi connectivity index (χ1n) is 8.22. The highest BCUT2D eigenvalue weighted by atomic mass is 32.2. The molecule has 0 aliphatic heterocycles. The molecule has 6 nitrogen and oxygen atoms in total. The van der Waals surface area contributed by atoms with Crippen LogP contribution in [0.1, 0.15) is 38.0 Å². The Labute approximate surface area is 149 Å². The summed E-state index contributed by atoms with van der Waals surface area (Å²) in [4.78, 5) is 11.8. The van der Waals surface area contributed by atoms with Crippen molar-refractivity contribution in [3.05, 3.63) is 36.0 Å². The largest absolute Gasteiger partial charge is 0.484 e. The highest BCUT2D eigenvalue weighted by Crippen LogP contribution is 2.22. The lowest BCUT2D eigenvalue weighted by Gasteiger charge is -2.21. The predicted octanol–water partition coefficient (Wildman–Crippen LogP) is 3.76. The number of aromatic nitrogens is 2. The van der Waals surface area contributed by atoms with Gasteiger partial charge in [-0.3, -0.25) is 4.79 Å². The van der Waals surface area contributed by atoms with Crippen LogP contribution in [0.2, 0.25) is 0 Å². The van der Waals surface area contributed by atoms with E-state index in [1.54, 1.807) is 0 Å². The summed E-state index contributed by atoms with van der Waals surface area (Å²) in [5, 5.41) is 8.00. The van der Waals surface area contributed by atoms with Crippen LogP contribution in [0.3, 0.4) is 0 Å². The molecule has 0 saturated heterocycles. The molecule has 0 unspecified atom stereocenters. The van der Waals surface area contributed by atoms with Crippen molar-refractivity contribution in [3.8, 4) is 5.75 Å². The van der Waals surface area contributed by atoms with Gasteiger partial charge in [0.1, 0.15) is 23.4 Å². The molecule has 3 rings (SSSR count). The number of halogens is 1. The third-order valence-corrected chi connectivity index (χ3v) is 4.58. The number of hydrogen-bond donors (Lipinski definition) is 0. The number of esters is 1. The first-order chi connectivity index (χ1) is 12.2. The van der Waals surface area contributed by atoms with Crippen molar-refractivity contribution in [2.45, 2.75) is 50.0 Å². The van der Waals surface area contributed by atoms with Gasteiger partial charge in [-0.25, -0.2) is 4.39 Å². The molecular formula is C17H19FN2O4S. The lowest BCUT2D eigenvalue weighted by atomic mass is 9.98. The summed E-state index contributed by atoms with van der Waals surface area (Å²) >= 11 is 1.14. The number of ether oxygens (including phenoxy) is 2. The molecule has 0 radical (unpaired) electrons. The molecule has 0 amide bonds. The minimum absolute atomic E-state index is 0.0456. The Morgan fingerprint density at radius 2 is 1.96 bits per heavy atom. The van der Waals surface area contributed by atoms with Crippen LogP contribution in [0.25, 0.3) is 0 Å². The number of nitrogens with zero attached hydrogens (tertiary/aromatic N) is 2. The van der Waals surface area contributed by atoms with E-state index in [1.165, 1.54) is 30.7 Å². The molecule has 0 N–H and O–H groups in total. The first kappa shape index (κ1) is 17.7. The van der Waals surface area contributed by atoms with Gasteiger partial charge in [0.25, 0.3) is 11.1 Å². The Balaban J connectivity index is 1.40. The molecule has 0 bridgehead atoms. The predicted molar refractivity (Wildman–Crippen MR) is 88.7 cm³/mol. The minimum atomic E-state index is -0.330. The van der Waals surface area contributed by atoms with E-state index in [9.17, 15) is 9.18 Å². The van der Waals surface area contributed by atoms with Crippen molar-refractivity contribution in [1.29, 1.82) is 0 Å². The van der Waals surface area contributed by atoms with Gasteiger partial charge in [-0.2, -0.15) is 0 Å². The molecule has 1 fully saturated rings. The molecule has 25 heavy (non-hydrogen) atoms. The quantitative estimate of drug-likeness (QED) is 0.545. The second kappa shape index (κ2) is 8.84. The van der Waals surface area contributed by atoms with Crippen LogP contribution < -0.4 is 4.74 Å². The molecule has 1 aliphatic carbocycles. The summed E-state index contributed by atoms with van der Waals surface area (Å²) < 4.78 is 29.1. The highest BCUT2D eigenvalue weighted by Gasteiger charge is 2.18. The van der Waals surface area contributed by atoms with Crippen molar-refractivity contribution < 1.29 is 23.1 Å². The average molecular weight is 366 g/mol. The SMILES string of the molecule is O=C(CSc1nnc(COc2ccc(F)cc2)o1)OC1CCCCC1. The van der Waals surface area contributed by atoms with Crippen LogP contribution in [0, 0.1) is 5.82 Å². The first-order valence-corrected chi connectivity index (χ1v) is 9.20. The lowest BCUT2D eigenvalue weighted by Crippen LogP contribution is -2.21. The van der Waals surface area contributed by atoms with E-state index in [2.05, 4.69) is 10.2 Å². The molecule has 8 heteroatoms. The van der Waals surface area contributed by atoms with Crippen molar-refractivity contribution in [2.75, 3.05) is 5.75 Å². The summed E-state index contributed by atoms with van der Waals surface area (Å²) in [7, 11) is 0. The van der Waals surface area contributed by atoms with Crippen LogP contribution in [-0.4, -0.2) is 28.0 Å². The van der Waals surface area contributed by atoms with Crippen LogP contribution in [0.15, 0.2) is 33.9 Å². The maximum absolute atomic E-state index is 12.8. The van der Waals surface area contributed by atoms with Gasteiger partial charge < -0.3 is 13.9 Å². The molecular weight excluding hydrogens is 347 g/mol. The fourth-order valence-corrected chi connectivity index (χ4v) is 3.12. The molecule has 0 spiro atoms. The summed E-state index contributed by atoms with van der Waals surface area (Å²) in [6.07, 6.45) is 5.39. The highest BCUT2D eigenvalue weighted by molar-refractivity contribution is 7.99. The summed E-state index contributed by atoms with van der Waals surface area (Å²) in [5.74, 6) is 0.331. The topological polar surface area (TPSA) is 74.5 Å². The second-order valence-electron chi connectivity index (χ2n) is 5.74. The monoisotopic (exact) mass is 366 g/mol. The number of thioether (sulfide) groups is 1. The Kier molecular flexibility index (Phi) is 6.27. The number of carbonyl (C=O) groups excluding carboxylic acids is 1. The van der Waals surface area contributed by atoms with Gasteiger partial charge in [0.05, 0.1) is 0 Å². The van der Waals surface area contributed by atoms with Crippen molar-refractivity contribution in [1.82, 2.24) is 10.2 Å². The van der Waals surface area contributed by atoms with Crippen molar-refractivity contribution >= 4 is 17.7 Å². The summed E-state index contributed by atoms with van der Waals surface area (Å²) in [5.41, 5.74) is 0. The zero-order chi connectivity index (χ0) is 17.5. The van der Waals surface area contributed by atoms with Crippen molar-refractivity contribution in [3.63, 3.8) is 0 Å². The Bertz CT molecular complexity index is 686. The van der Waals surface area contributed by atoms with E-state index in [-0.39, 0.29) is 36.1 Å². The van der Waals surface area contributed by atoms with Crippen LogP contribution >= 0.6 is 11.8 Å². The Morgan fingerprint density at radius 1 is 1.20 bits per heavy atom. The number of rotatable bonds is 7. The fraction of sp³-hybridized carbons (Fsp3) is 0.471.